The average Bonchev–Trinajstić information content (AvgIpc) is 2.66. The maximum atomic E-state index is 13.2. The van der Waals surface area contributed by atoms with Crippen LogP contribution < -0.4 is 10.6 Å². The molecule has 2 aromatic rings. The Hall–Kier alpha value is -1.68. The van der Waals surface area contributed by atoms with Crippen LogP contribution in [0, 0.1) is 5.82 Å². The van der Waals surface area contributed by atoms with Crippen LogP contribution in [-0.2, 0) is 22.0 Å². The quantitative estimate of drug-likeness (QED) is 0.212. The number of halogens is 2. The lowest BCUT2D eigenvalue weighted by molar-refractivity contribution is 0.592. The fraction of sp³-hybridized carbons (Fsp3) is 0.381. The molecule has 0 spiro atoms. The number of nitrogens with one attached hydrogen (secondary N) is 2. The molecule has 0 amide bonds. The number of hydrogen-bond donors (Lipinski definition) is 2. The highest BCUT2D eigenvalue weighted by Crippen LogP contribution is 2.07. The van der Waals surface area contributed by atoms with E-state index in [-0.39, 0.29) is 41.3 Å². The van der Waals surface area contributed by atoms with Gasteiger partial charge in [-0.2, -0.15) is 0 Å². The molecule has 5 nitrogen and oxygen atoms in total. The molecule has 0 heterocycles. The van der Waals surface area contributed by atoms with Gasteiger partial charge in [-0.15, -0.1) is 24.0 Å². The number of aliphatic imine (C=N–C) groups is 1. The predicted octanol–water partition coefficient (Wildman–Crippen LogP) is 3.55. The van der Waals surface area contributed by atoms with Crippen molar-refractivity contribution in [2.24, 2.45) is 4.99 Å². The van der Waals surface area contributed by atoms with Gasteiger partial charge in [-0.25, -0.2) is 12.8 Å². The van der Waals surface area contributed by atoms with Crippen molar-refractivity contribution >= 4 is 39.8 Å². The number of nitrogens with zero attached hydrogens (tertiary/aromatic N) is 1. The van der Waals surface area contributed by atoms with Crippen molar-refractivity contribution in [3.8, 4) is 0 Å². The van der Waals surface area contributed by atoms with Gasteiger partial charge in [0.2, 0.25) is 0 Å². The molecule has 2 rings (SSSR count). The summed E-state index contributed by atoms with van der Waals surface area (Å²) in [6.07, 6.45) is 1.14. The van der Waals surface area contributed by atoms with Gasteiger partial charge in [0.1, 0.15) is 5.82 Å². The fourth-order valence-electron chi connectivity index (χ4n) is 2.74. The van der Waals surface area contributed by atoms with E-state index in [1.54, 1.807) is 6.07 Å². The summed E-state index contributed by atoms with van der Waals surface area (Å²) in [5.41, 5.74) is 1.72. The van der Waals surface area contributed by atoms with Crippen molar-refractivity contribution < 1.29 is 12.8 Å². The van der Waals surface area contributed by atoms with E-state index in [9.17, 15) is 12.8 Å². The monoisotopic (exact) mass is 533 g/mol. The molecule has 0 radical (unpaired) electrons. The number of rotatable bonds is 10. The molecular weight excluding hydrogens is 504 g/mol. The Morgan fingerprint density at radius 2 is 1.76 bits per heavy atom. The SMILES string of the molecule is CCNC(=NCCCS(=O)(=O)Cc1ccccc1)NCCc1cccc(F)c1.I. The van der Waals surface area contributed by atoms with Gasteiger partial charge in [0.05, 0.1) is 11.5 Å². The molecule has 0 atom stereocenters. The Balaban J connectivity index is 0.00000420. The Bertz CT molecular complexity index is 861. The van der Waals surface area contributed by atoms with Gasteiger partial charge >= 0.3 is 0 Å². The van der Waals surface area contributed by atoms with Crippen molar-refractivity contribution in [1.29, 1.82) is 0 Å². The highest BCUT2D eigenvalue weighted by Gasteiger charge is 2.11. The van der Waals surface area contributed by atoms with Crippen molar-refractivity contribution in [2.45, 2.75) is 25.5 Å². The van der Waals surface area contributed by atoms with E-state index in [1.165, 1.54) is 12.1 Å². The average molecular weight is 533 g/mol. The van der Waals surface area contributed by atoms with Crippen LogP contribution in [0.1, 0.15) is 24.5 Å². The molecule has 29 heavy (non-hydrogen) atoms. The largest absolute Gasteiger partial charge is 0.357 e. The van der Waals surface area contributed by atoms with E-state index in [0.717, 1.165) is 11.1 Å². The minimum atomic E-state index is -3.15. The predicted molar refractivity (Wildman–Crippen MR) is 128 cm³/mol. The lowest BCUT2D eigenvalue weighted by Gasteiger charge is -2.11. The molecule has 0 saturated heterocycles. The first kappa shape index (κ1) is 25.4. The van der Waals surface area contributed by atoms with E-state index >= 15 is 0 Å². The van der Waals surface area contributed by atoms with Crippen LogP contribution in [0.15, 0.2) is 59.6 Å². The Morgan fingerprint density at radius 1 is 1.03 bits per heavy atom. The summed E-state index contributed by atoms with van der Waals surface area (Å²) in [4.78, 5) is 4.43. The number of hydrogen-bond acceptors (Lipinski definition) is 3. The Kier molecular flexibility index (Phi) is 11.8. The second-order valence-corrected chi connectivity index (χ2v) is 8.68. The summed E-state index contributed by atoms with van der Waals surface area (Å²) >= 11 is 0. The van der Waals surface area contributed by atoms with Gasteiger partial charge in [-0.3, -0.25) is 4.99 Å². The second kappa shape index (κ2) is 13.5. The first-order valence-electron chi connectivity index (χ1n) is 9.49. The molecule has 0 aliphatic rings. The molecular formula is C21H29FIN3O2S. The maximum Gasteiger partial charge on any atom is 0.191 e. The van der Waals surface area contributed by atoms with E-state index in [0.29, 0.717) is 38.4 Å². The smallest absolute Gasteiger partial charge is 0.191 e. The summed E-state index contributed by atoms with van der Waals surface area (Å²) in [6, 6.07) is 15.7. The standard InChI is InChI=1S/C21H28FN3O2S.HI/c1-2-23-21(25-14-12-18-10-6-11-20(22)16-18)24-13-7-15-28(26,27)17-19-8-4-3-5-9-19;/h3-6,8-11,16H,2,7,12-15,17H2,1H3,(H2,23,24,25);1H. The van der Waals surface area contributed by atoms with Crippen LogP contribution in [0.5, 0.6) is 0 Å². The van der Waals surface area contributed by atoms with Crippen LogP contribution in [0.2, 0.25) is 0 Å². The molecule has 2 aromatic carbocycles. The van der Waals surface area contributed by atoms with Crippen molar-refractivity contribution in [2.75, 3.05) is 25.4 Å². The van der Waals surface area contributed by atoms with Crippen LogP contribution in [0.25, 0.3) is 0 Å². The topological polar surface area (TPSA) is 70.6 Å². The van der Waals surface area contributed by atoms with Gasteiger partial charge in [0.25, 0.3) is 0 Å². The summed E-state index contributed by atoms with van der Waals surface area (Å²) < 4.78 is 37.6. The molecule has 0 saturated carbocycles. The summed E-state index contributed by atoms with van der Waals surface area (Å²) in [5, 5.41) is 6.33. The van der Waals surface area contributed by atoms with Crippen molar-refractivity contribution in [1.82, 2.24) is 10.6 Å². The third-order valence-electron chi connectivity index (χ3n) is 4.05. The van der Waals surface area contributed by atoms with Gasteiger partial charge in [0, 0.05) is 19.6 Å². The van der Waals surface area contributed by atoms with E-state index in [1.807, 2.05) is 43.3 Å². The summed E-state index contributed by atoms with van der Waals surface area (Å²) in [7, 11) is -3.15. The lowest BCUT2D eigenvalue weighted by Crippen LogP contribution is -2.38. The van der Waals surface area contributed by atoms with Crippen LogP contribution in [0.3, 0.4) is 0 Å². The zero-order valence-corrected chi connectivity index (χ0v) is 19.8. The highest BCUT2D eigenvalue weighted by atomic mass is 127. The molecule has 2 N–H and O–H groups in total. The molecule has 0 aliphatic heterocycles. The van der Waals surface area contributed by atoms with E-state index in [2.05, 4.69) is 15.6 Å². The number of benzene rings is 2. The Labute approximate surface area is 190 Å². The minimum Gasteiger partial charge on any atom is -0.357 e. The molecule has 0 aromatic heterocycles. The zero-order valence-electron chi connectivity index (χ0n) is 16.6. The fourth-order valence-corrected chi connectivity index (χ4v) is 4.15. The van der Waals surface area contributed by atoms with Crippen LogP contribution >= 0.6 is 24.0 Å². The summed E-state index contributed by atoms with van der Waals surface area (Å²) in [5.74, 6) is 0.562. The molecule has 0 fully saturated rings. The normalized spacial score (nSPS) is 11.6. The first-order chi connectivity index (χ1) is 13.5. The number of guanidine groups is 1. The van der Waals surface area contributed by atoms with E-state index < -0.39 is 9.84 Å². The molecule has 160 valence electrons. The molecule has 0 bridgehead atoms. The van der Waals surface area contributed by atoms with E-state index in [4.69, 9.17) is 0 Å². The first-order valence-corrected chi connectivity index (χ1v) is 11.3. The van der Waals surface area contributed by atoms with Gasteiger partial charge in [-0.05, 0) is 43.0 Å². The number of sulfone groups is 1. The van der Waals surface area contributed by atoms with Gasteiger partial charge < -0.3 is 10.6 Å². The molecule has 8 heteroatoms. The van der Waals surface area contributed by atoms with Gasteiger partial charge in [0.15, 0.2) is 15.8 Å². The molecule has 0 unspecified atom stereocenters. The van der Waals surface area contributed by atoms with Crippen molar-refractivity contribution in [3.63, 3.8) is 0 Å². The summed E-state index contributed by atoms with van der Waals surface area (Å²) in [6.45, 7) is 3.71. The van der Waals surface area contributed by atoms with Crippen molar-refractivity contribution in [3.05, 3.63) is 71.5 Å². The second-order valence-electron chi connectivity index (χ2n) is 6.50. The van der Waals surface area contributed by atoms with Gasteiger partial charge in [-0.1, -0.05) is 42.5 Å². The highest BCUT2D eigenvalue weighted by molar-refractivity contribution is 14.0. The minimum absolute atomic E-state index is 0. The lowest BCUT2D eigenvalue weighted by atomic mass is 10.1. The maximum absolute atomic E-state index is 13.2. The van der Waals surface area contributed by atoms with Crippen LogP contribution in [-0.4, -0.2) is 39.8 Å². The Morgan fingerprint density at radius 3 is 2.45 bits per heavy atom. The van der Waals surface area contributed by atoms with Crippen LogP contribution in [0.4, 0.5) is 4.39 Å². The molecule has 0 aliphatic carbocycles. The zero-order chi connectivity index (χ0) is 20.2. The third kappa shape index (κ3) is 10.6. The third-order valence-corrected chi connectivity index (χ3v) is 5.74.